The van der Waals surface area contributed by atoms with Crippen molar-refractivity contribution in [1.29, 1.82) is 0 Å². The Morgan fingerprint density at radius 2 is 1.96 bits per heavy atom. The number of benzene rings is 1. The van der Waals surface area contributed by atoms with E-state index < -0.39 is 5.60 Å². The average Bonchev–Trinajstić information content (AvgIpc) is 3.30. The second-order valence-corrected chi connectivity index (χ2v) is 7.41. The van der Waals surface area contributed by atoms with Crippen molar-refractivity contribution in [2.75, 3.05) is 13.1 Å². The molecule has 4 rings (SSSR count). The smallest absolute Gasteiger partial charge is 0.257 e. The average molecular weight is 339 g/mol. The number of hydrogen-bond acceptors (Lipinski definition) is 3. The monoisotopic (exact) mass is 339 g/mol. The maximum atomic E-state index is 13.0. The molecule has 5 heteroatoms. The van der Waals surface area contributed by atoms with E-state index in [1.54, 1.807) is 11.1 Å². The van der Waals surface area contributed by atoms with Gasteiger partial charge in [-0.2, -0.15) is 5.10 Å². The molecule has 2 N–H and O–H groups in total. The molecular weight excluding hydrogens is 314 g/mol. The van der Waals surface area contributed by atoms with Gasteiger partial charge < -0.3 is 10.0 Å². The van der Waals surface area contributed by atoms with Gasteiger partial charge in [0.05, 0.1) is 24.0 Å². The maximum Gasteiger partial charge on any atom is 0.257 e. The predicted molar refractivity (Wildman–Crippen MR) is 95.3 cm³/mol. The third-order valence-electron chi connectivity index (χ3n) is 5.76. The summed E-state index contributed by atoms with van der Waals surface area (Å²) >= 11 is 0. The Balaban J connectivity index is 1.52. The van der Waals surface area contributed by atoms with Gasteiger partial charge in [-0.25, -0.2) is 0 Å². The topological polar surface area (TPSA) is 69.2 Å². The van der Waals surface area contributed by atoms with E-state index in [2.05, 4.69) is 10.2 Å². The first kappa shape index (κ1) is 16.3. The zero-order valence-corrected chi connectivity index (χ0v) is 14.4. The van der Waals surface area contributed by atoms with Crippen molar-refractivity contribution in [2.24, 2.45) is 0 Å². The summed E-state index contributed by atoms with van der Waals surface area (Å²) in [7, 11) is 0. The van der Waals surface area contributed by atoms with Crippen LogP contribution in [0.2, 0.25) is 0 Å². The summed E-state index contributed by atoms with van der Waals surface area (Å²) in [6, 6.07) is 9.65. The van der Waals surface area contributed by atoms with Crippen LogP contribution in [0.3, 0.4) is 0 Å². The number of nitrogens with zero attached hydrogens (tertiary/aromatic N) is 2. The van der Waals surface area contributed by atoms with E-state index in [1.807, 2.05) is 30.3 Å². The molecular formula is C20H25N3O2. The van der Waals surface area contributed by atoms with Gasteiger partial charge >= 0.3 is 0 Å². The SMILES string of the molecule is O=C(c1cn[nH]c1C1CCCCC1)N1CC[C@](O)(c2ccccc2)C1. The molecule has 2 fully saturated rings. The van der Waals surface area contributed by atoms with Crippen molar-refractivity contribution in [3.05, 3.63) is 53.3 Å². The molecule has 1 aliphatic carbocycles. The Kier molecular flexibility index (Phi) is 4.34. The minimum Gasteiger partial charge on any atom is -0.383 e. The first-order valence-corrected chi connectivity index (χ1v) is 9.28. The summed E-state index contributed by atoms with van der Waals surface area (Å²) < 4.78 is 0. The number of hydrogen-bond donors (Lipinski definition) is 2. The minimum absolute atomic E-state index is 0.0128. The molecule has 0 radical (unpaired) electrons. The molecule has 25 heavy (non-hydrogen) atoms. The molecule has 1 amide bonds. The number of rotatable bonds is 3. The van der Waals surface area contributed by atoms with Gasteiger partial charge in [0.25, 0.3) is 5.91 Å². The molecule has 1 aromatic heterocycles. The van der Waals surface area contributed by atoms with Crippen LogP contribution in [0.1, 0.15) is 66.1 Å². The third kappa shape index (κ3) is 3.09. The van der Waals surface area contributed by atoms with Crippen LogP contribution in [0.25, 0.3) is 0 Å². The van der Waals surface area contributed by atoms with Crippen molar-refractivity contribution < 1.29 is 9.90 Å². The van der Waals surface area contributed by atoms with Gasteiger partial charge in [0, 0.05) is 12.5 Å². The fourth-order valence-corrected chi connectivity index (χ4v) is 4.29. The van der Waals surface area contributed by atoms with E-state index in [4.69, 9.17) is 0 Å². The molecule has 1 saturated carbocycles. The molecule has 2 heterocycles. The molecule has 1 aromatic carbocycles. The lowest BCUT2D eigenvalue weighted by Gasteiger charge is -2.25. The van der Waals surface area contributed by atoms with E-state index in [9.17, 15) is 9.90 Å². The van der Waals surface area contributed by atoms with Crippen LogP contribution in [0.5, 0.6) is 0 Å². The van der Waals surface area contributed by atoms with Gasteiger partial charge in [-0.1, -0.05) is 49.6 Å². The predicted octanol–water partition coefficient (Wildman–Crippen LogP) is 3.19. The summed E-state index contributed by atoms with van der Waals surface area (Å²) in [5.41, 5.74) is 1.60. The summed E-state index contributed by atoms with van der Waals surface area (Å²) in [5.74, 6) is 0.395. The first-order valence-electron chi connectivity index (χ1n) is 9.28. The number of carbonyl (C=O) groups excluding carboxylic acids is 1. The van der Waals surface area contributed by atoms with Crippen molar-refractivity contribution >= 4 is 5.91 Å². The molecule has 1 atom stereocenters. The van der Waals surface area contributed by atoms with Crippen molar-refractivity contribution in [2.45, 2.75) is 50.0 Å². The van der Waals surface area contributed by atoms with Crippen molar-refractivity contribution in [1.82, 2.24) is 15.1 Å². The van der Waals surface area contributed by atoms with Crippen LogP contribution in [-0.4, -0.2) is 39.2 Å². The lowest BCUT2D eigenvalue weighted by atomic mass is 9.85. The molecule has 2 aliphatic rings. The van der Waals surface area contributed by atoms with Crippen LogP contribution in [0.4, 0.5) is 0 Å². The van der Waals surface area contributed by atoms with Crippen LogP contribution in [-0.2, 0) is 5.60 Å². The number of aromatic nitrogens is 2. The Bertz CT molecular complexity index is 736. The highest BCUT2D eigenvalue weighted by atomic mass is 16.3. The van der Waals surface area contributed by atoms with Gasteiger partial charge in [-0.3, -0.25) is 9.89 Å². The summed E-state index contributed by atoms with van der Waals surface area (Å²) in [4.78, 5) is 14.8. The van der Waals surface area contributed by atoms with E-state index >= 15 is 0 Å². The van der Waals surface area contributed by atoms with Crippen molar-refractivity contribution in [3.8, 4) is 0 Å². The Hall–Kier alpha value is -2.14. The minimum atomic E-state index is -0.953. The van der Waals surface area contributed by atoms with E-state index in [1.165, 1.54) is 19.3 Å². The number of aliphatic hydroxyl groups is 1. The van der Waals surface area contributed by atoms with Crippen molar-refractivity contribution in [3.63, 3.8) is 0 Å². The van der Waals surface area contributed by atoms with E-state index in [-0.39, 0.29) is 5.91 Å². The number of aromatic amines is 1. The lowest BCUT2D eigenvalue weighted by molar-refractivity contribution is 0.0417. The fourth-order valence-electron chi connectivity index (χ4n) is 4.29. The quantitative estimate of drug-likeness (QED) is 0.902. The van der Waals surface area contributed by atoms with Gasteiger partial charge in [-0.15, -0.1) is 0 Å². The van der Waals surface area contributed by atoms with Gasteiger partial charge in [0.1, 0.15) is 5.60 Å². The van der Waals surface area contributed by atoms with E-state index in [0.29, 0.717) is 31.0 Å². The lowest BCUT2D eigenvalue weighted by Crippen LogP contribution is -2.34. The van der Waals surface area contributed by atoms with Crippen LogP contribution >= 0.6 is 0 Å². The normalized spacial score (nSPS) is 24.6. The molecule has 0 unspecified atom stereocenters. The van der Waals surface area contributed by atoms with E-state index in [0.717, 1.165) is 24.1 Å². The number of amides is 1. The number of likely N-dealkylation sites (tertiary alicyclic amines) is 1. The number of β-amino-alcohol motifs (C(OH)–C–C–N with tert-alkyl or cyclic N) is 1. The van der Waals surface area contributed by atoms with Gasteiger partial charge in [-0.05, 0) is 24.8 Å². The van der Waals surface area contributed by atoms with Crippen LogP contribution < -0.4 is 0 Å². The standard InChI is InChI=1S/C20H25N3O2/c24-19(17-13-21-22-18(17)15-7-3-1-4-8-15)23-12-11-20(25,14-23)16-9-5-2-6-10-16/h2,5-6,9-10,13,15,25H,1,3-4,7-8,11-12,14H2,(H,21,22)/t20-/m1/s1. The molecule has 0 spiro atoms. The molecule has 2 aromatic rings. The molecule has 1 saturated heterocycles. The van der Waals surface area contributed by atoms with Crippen LogP contribution in [0.15, 0.2) is 36.5 Å². The summed E-state index contributed by atoms with van der Waals surface area (Å²) in [5, 5.41) is 18.2. The Labute approximate surface area is 148 Å². The maximum absolute atomic E-state index is 13.0. The third-order valence-corrected chi connectivity index (χ3v) is 5.76. The zero-order chi connectivity index (χ0) is 17.3. The highest BCUT2D eigenvalue weighted by molar-refractivity contribution is 5.95. The highest BCUT2D eigenvalue weighted by Gasteiger charge is 2.40. The highest BCUT2D eigenvalue weighted by Crippen LogP contribution is 2.36. The molecule has 1 aliphatic heterocycles. The second kappa shape index (κ2) is 6.64. The van der Waals surface area contributed by atoms with Gasteiger partial charge in [0.15, 0.2) is 0 Å². The van der Waals surface area contributed by atoms with Gasteiger partial charge in [0.2, 0.25) is 0 Å². The fraction of sp³-hybridized carbons (Fsp3) is 0.500. The molecule has 132 valence electrons. The Morgan fingerprint density at radius 1 is 1.20 bits per heavy atom. The molecule has 5 nitrogen and oxygen atoms in total. The second-order valence-electron chi connectivity index (χ2n) is 7.41. The Morgan fingerprint density at radius 3 is 2.72 bits per heavy atom. The first-order chi connectivity index (χ1) is 12.2. The summed E-state index contributed by atoms with van der Waals surface area (Å²) in [6.45, 7) is 0.907. The number of carbonyl (C=O) groups is 1. The largest absolute Gasteiger partial charge is 0.383 e. The molecule has 0 bridgehead atoms. The number of nitrogens with one attached hydrogen (secondary N) is 1. The number of H-pyrrole nitrogens is 1. The zero-order valence-electron chi connectivity index (χ0n) is 14.4. The summed E-state index contributed by atoms with van der Waals surface area (Å²) in [6.07, 6.45) is 8.19. The van der Waals surface area contributed by atoms with Crippen LogP contribution in [0, 0.1) is 0 Å².